The summed E-state index contributed by atoms with van der Waals surface area (Å²) in [6.07, 6.45) is 0. The van der Waals surface area contributed by atoms with Gasteiger partial charge in [-0.1, -0.05) is 27.5 Å². The summed E-state index contributed by atoms with van der Waals surface area (Å²) in [5.74, 6) is -0.320. The van der Waals surface area contributed by atoms with Crippen LogP contribution >= 0.6 is 27.5 Å². The Labute approximate surface area is 103 Å². The third kappa shape index (κ3) is 2.95. The van der Waals surface area contributed by atoms with Crippen LogP contribution in [0.15, 0.2) is 12.1 Å². The van der Waals surface area contributed by atoms with Crippen molar-refractivity contribution in [2.75, 3.05) is 6.61 Å². The highest BCUT2D eigenvalue weighted by Crippen LogP contribution is 2.23. The first-order valence-corrected chi connectivity index (χ1v) is 6.12. The fourth-order valence-corrected chi connectivity index (χ4v) is 1.80. The third-order valence-electron chi connectivity index (χ3n) is 2.05. The molecule has 0 aliphatic heterocycles. The maximum Gasteiger partial charge on any atom is 0.338 e. The summed E-state index contributed by atoms with van der Waals surface area (Å²) >= 11 is 9.34. The maximum absolute atomic E-state index is 11.6. The van der Waals surface area contributed by atoms with Gasteiger partial charge in [-0.2, -0.15) is 0 Å². The van der Waals surface area contributed by atoms with Gasteiger partial charge < -0.3 is 4.74 Å². The summed E-state index contributed by atoms with van der Waals surface area (Å²) < 4.78 is 4.95. The molecule has 0 aliphatic rings. The number of ether oxygens (including phenoxy) is 1. The van der Waals surface area contributed by atoms with E-state index < -0.39 is 0 Å². The van der Waals surface area contributed by atoms with Crippen molar-refractivity contribution in [2.45, 2.75) is 19.2 Å². The van der Waals surface area contributed by atoms with Crippen molar-refractivity contribution < 1.29 is 9.53 Å². The molecular formula is C11H12BrClO2. The van der Waals surface area contributed by atoms with Gasteiger partial charge in [0.25, 0.3) is 0 Å². The summed E-state index contributed by atoms with van der Waals surface area (Å²) in [4.78, 5) is 11.6. The van der Waals surface area contributed by atoms with E-state index in [0.717, 1.165) is 11.1 Å². The molecule has 0 bridgehead atoms. The second kappa shape index (κ2) is 5.52. The largest absolute Gasteiger partial charge is 0.462 e. The number of esters is 1. The molecule has 0 amide bonds. The topological polar surface area (TPSA) is 26.3 Å². The lowest BCUT2D eigenvalue weighted by Gasteiger charge is -2.08. The van der Waals surface area contributed by atoms with Gasteiger partial charge in [0.1, 0.15) is 0 Å². The molecule has 0 saturated carbocycles. The standard InChI is InChI=1S/C11H12BrClO2/c1-3-15-11(14)9-4-8(6-12)5-10(13)7(9)2/h4-5H,3,6H2,1-2H3. The Morgan fingerprint density at radius 1 is 1.53 bits per heavy atom. The number of carbonyl (C=O) groups excluding carboxylic acids is 1. The van der Waals surface area contributed by atoms with Gasteiger partial charge in [-0.25, -0.2) is 4.79 Å². The minimum absolute atomic E-state index is 0.320. The van der Waals surface area contributed by atoms with E-state index >= 15 is 0 Å². The monoisotopic (exact) mass is 290 g/mol. The molecular weight excluding hydrogens is 279 g/mol. The van der Waals surface area contributed by atoms with E-state index in [1.165, 1.54) is 0 Å². The lowest BCUT2D eigenvalue weighted by molar-refractivity contribution is 0.0525. The molecule has 0 spiro atoms. The molecule has 0 aromatic heterocycles. The lowest BCUT2D eigenvalue weighted by Crippen LogP contribution is -2.07. The summed E-state index contributed by atoms with van der Waals surface area (Å²) in [5.41, 5.74) is 2.27. The average molecular weight is 292 g/mol. The highest BCUT2D eigenvalue weighted by atomic mass is 79.9. The van der Waals surface area contributed by atoms with Gasteiger partial charge in [-0.3, -0.25) is 0 Å². The number of benzene rings is 1. The molecule has 0 fully saturated rings. The highest BCUT2D eigenvalue weighted by molar-refractivity contribution is 9.08. The van der Waals surface area contributed by atoms with Crippen LogP contribution in [0.5, 0.6) is 0 Å². The SMILES string of the molecule is CCOC(=O)c1cc(CBr)cc(Cl)c1C. The summed E-state index contributed by atoms with van der Waals surface area (Å²) in [7, 11) is 0. The van der Waals surface area contributed by atoms with E-state index in [-0.39, 0.29) is 5.97 Å². The molecule has 0 heterocycles. The van der Waals surface area contributed by atoms with Crippen molar-refractivity contribution in [3.8, 4) is 0 Å². The second-order valence-electron chi connectivity index (χ2n) is 3.10. The van der Waals surface area contributed by atoms with E-state index in [1.807, 2.05) is 13.0 Å². The molecule has 0 aliphatic carbocycles. The predicted octanol–water partition coefficient (Wildman–Crippen LogP) is 3.72. The van der Waals surface area contributed by atoms with Gasteiger partial charge in [0.15, 0.2) is 0 Å². The van der Waals surface area contributed by atoms with Crippen molar-refractivity contribution in [3.05, 3.63) is 33.8 Å². The zero-order valence-electron chi connectivity index (χ0n) is 8.64. The van der Waals surface area contributed by atoms with E-state index in [0.29, 0.717) is 22.5 Å². The molecule has 15 heavy (non-hydrogen) atoms. The molecule has 82 valence electrons. The van der Waals surface area contributed by atoms with Crippen molar-refractivity contribution in [1.29, 1.82) is 0 Å². The molecule has 1 aromatic rings. The Morgan fingerprint density at radius 3 is 2.73 bits per heavy atom. The quantitative estimate of drug-likeness (QED) is 0.627. The molecule has 0 saturated heterocycles. The molecule has 0 atom stereocenters. The first kappa shape index (κ1) is 12.5. The summed E-state index contributed by atoms with van der Waals surface area (Å²) in [6, 6.07) is 3.64. The number of halogens is 2. The zero-order chi connectivity index (χ0) is 11.4. The van der Waals surface area contributed by atoms with Crippen LogP contribution in [0.4, 0.5) is 0 Å². The van der Waals surface area contributed by atoms with E-state index in [9.17, 15) is 4.79 Å². The number of alkyl halides is 1. The smallest absolute Gasteiger partial charge is 0.338 e. The van der Waals surface area contributed by atoms with Gasteiger partial charge in [0, 0.05) is 10.4 Å². The van der Waals surface area contributed by atoms with Crippen LogP contribution in [0.3, 0.4) is 0 Å². The first-order chi connectivity index (χ1) is 7.10. The van der Waals surface area contributed by atoms with Crippen molar-refractivity contribution in [2.24, 2.45) is 0 Å². The number of hydrogen-bond acceptors (Lipinski definition) is 2. The van der Waals surface area contributed by atoms with Crippen LogP contribution in [-0.4, -0.2) is 12.6 Å². The fourth-order valence-electron chi connectivity index (χ4n) is 1.23. The molecule has 1 rings (SSSR count). The van der Waals surface area contributed by atoms with E-state index in [2.05, 4.69) is 15.9 Å². The van der Waals surface area contributed by atoms with Crippen LogP contribution in [-0.2, 0) is 10.1 Å². The van der Waals surface area contributed by atoms with E-state index in [1.54, 1.807) is 13.0 Å². The molecule has 1 aromatic carbocycles. The van der Waals surface area contributed by atoms with Crippen LogP contribution < -0.4 is 0 Å². The van der Waals surface area contributed by atoms with E-state index in [4.69, 9.17) is 16.3 Å². The Kier molecular flexibility index (Phi) is 4.61. The molecule has 0 radical (unpaired) electrons. The molecule has 0 N–H and O–H groups in total. The Morgan fingerprint density at radius 2 is 2.20 bits per heavy atom. The Balaban J connectivity index is 3.15. The second-order valence-corrected chi connectivity index (χ2v) is 4.07. The predicted molar refractivity (Wildman–Crippen MR) is 64.8 cm³/mol. The van der Waals surface area contributed by atoms with Gasteiger partial charge in [0.2, 0.25) is 0 Å². The zero-order valence-corrected chi connectivity index (χ0v) is 11.0. The van der Waals surface area contributed by atoms with Gasteiger partial charge in [0.05, 0.1) is 12.2 Å². The molecule has 4 heteroatoms. The van der Waals surface area contributed by atoms with Crippen molar-refractivity contribution in [3.63, 3.8) is 0 Å². The normalized spacial score (nSPS) is 10.1. The number of rotatable bonds is 3. The van der Waals surface area contributed by atoms with Crippen LogP contribution in [0.25, 0.3) is 0 Å². The van der Waals surface area contributed by atoms with Crippen molar-refractivity contribution in [1.82, 2.24) is 0 Å². The Hall–Kier alpha value is -0.540. The Bertz CT molecular complexity index is 377. The molecule has 0 unspecified atom stereocenters. The van der Waals surface area contributed by atoms with Crippen LogP contribution in [0.1, 0.15) is 28.4 Å². The third-order valence-corrected chi connectivity index (χ3v) is 3.09. The fraction of sp³-hybridized carbons (Fsp3) is 0.364. The van der Waals surface area contributed by atoms with Crippen LogP contribution in [0.2, 0.25) is 5.02 Å². The molecule has 2 nitrogen and oxygen atoms in total. The highest BCUT2D eigenvalue weighted by Gasteiger charge is 2.13. The number of carbonyl (C=O) groups is 1. The maximum atomic E-state index is 11.6. The minimum atomic E-state index is -0.320. The van der Waals surface area contributed by atoms with Crippen LogP contribution in [0, 0.1) is 6.92 Å². The van der Waals surface area contributed by atoms with Gasteiger partial charge >= 0.3 is 5.97 Å². The average Bonchev–Trinajstić information content (AvgIpc) is 2.22. The summed E-state index contributed by atoms with van der Waals surface area (Å²) in [5, 5.41) is 1.26. The van der Waals surface area contributed by atoms with Crippen molar-refractivity contribution >= 4 is 33.5 Å². The first-order valence-electron chi connectivity index (χ1n) is 4.62. The lowest BCUT2D eigenvalue weighted by atomic mass is 10.1. The summed E-state index contributed by atoms with van der Waals surface area (Å²) in [6.45, 7) is 3.96. The van der Waals surface area contributed by atoms with Gasteiger partial charge in [-0.15, -0.1) is 0 Å². The van der Waals surface area contributed by atoms with Gasteiger partial charge in [-0.05, 0) is 37.1 Å². The number of hydrogen-bond donors (Lipinski definition) is 0. The minimum Gasteiger partial charge on any atom is -0.462 e.